The Balaban J connectivity index is 1.72. The molecule has 0 unspecified atom stereocenters. The summed E-state index contributed by atoms with van der Waals surface area (Å²) in [7, 11) is 1.72. The number of hydrogen-bond donors (Lipinski definition) is 1. The van der Waals surface area contributed by atoms with Crippen LogP contribution in [0.2, 0.25) is 0 Å². The highest BCUT2D eigenvalue weighted by Crippen LogP contribution is 2.41. The summed E-state index contributed by atoms with van der Waals surface area (Å²) in [6.07, 6.45) is 2.21. The average molecular weight is 420 g/mol. The first-order chi connectivity index (χ1) is 14.6. The van der Waals surface area contributed by atoms with Crippen molar-refractivity contribution in [3.8, 4) is 0 Å². The molecule has 1 fully saturated rings. The molecule has 1 N–H and O–H groups in total. The lowest BCUT2D eigenvalue weighted by Gasteiger charge is -2.20. The van der Waals surface area contributed by atoms with Crippen LogP contribution in [0.4, 0.5) is 11.4 Å². The van der Waals surface area contributed by atoms with E-state index < -0.39 is 0 Å². The molecule has 1 aromatic carbocycles. The predicted octanol–water partition coefficient (Wildman–Crippen LogP) is 4.61. The van der Waals surface area contributed by atoms with Crippen LogP contribution in [-0.4, -0.2) is 33.6 Å². The Morgan fingerprint density at radius 2 is 1.81 bits per heavy atom. The third-order valence-corrected chi connectivity index (χ3v) is 5.69. The van der Waals surface area contributed by atoms with Gasteiger partial charge in [0, 0.05) is 37.0 Å². The molecule has 0 aliphatic heterocycles. The van der Waals surface area contributed by atoms with Crippen molar-refractivity contribution in [1.29, 1.82) is 0 Å². The molecule has 2 amide bonds. The number of anilines is 2. The molecular formula is C24H29N5O2. The highest BCUT2D eigenvalue weighted by molar-refractivity contribution is 6.12. The maximum Gasteiger partial charge on any atom is 0.256 e. The lowest BCUT2D eigenvalue weighted by molar-refractivity contribution is -0.116. The SMILES string of the molecule is CC(=O)N(C)c1ccc(NC(=O)c2cc(C3CC3)nc3c2c(C)nn3C(C)(C)C)cc1. The molecule has 162 valence electrons. The van der Waals surface area contributed by atoms with Crippen molar-refractivity contribution in [2.75, 3.05) is 17.3 Å². The molecule has 2 heterocycles. The van der Waals surface area contributed by atoms with Gasteiger partial charge in [-0.05, 0) is 70.9 Å². The lowest BCUT2D eigenvalue weighted by atomic mass is 10.1. The minimum Gasteiger partial charge on any atom is -0.322 e. The monoisotopic (exact) mass is 419 g/mol. The van der Waals surface area contributed by atoms with E-state index in [0.29, 0.717) is 17.2 Å². The van der Waals surface area contributed by atoms with Gasteiger partial charge in [-0.1, -0.05) is 0 Å². The van der Waals surface area contributed by atoms with Crippen LogP contribution in [0.25, 0.3) is 11.0 Å². The number of aryl methyl sites for hydroxylation is 1. The molecule has 0 radical (unpaired) electrons. The van der Waals surface area contributed by atoms with E-state index >= 15 is 0 Å². The number of hydrogen-bond acceptors (Lipinski definition) is 4. The molecular weight excluding hydrogens is 390 g/mol. The molecule has 4 rings (SSSR count). The zero-order chi connectivity index (χ0) is 22.5. The van der Waals surface area contributed by atoms with Gasteiger partial charge < -0.3 is 10.2 Å². The van der Waals surface area contributed by atoms with Crippen molar-refractivity contribution in [3.05, 3.63) is 47.3 Å². The van der Waals surface area contributed by atoms with Crippen molar-refractivity contribution >= 4 is 34.2 Å². The topological polar surface area (TPSA) is 80.1 Å². The van der Waals surface area contributed by atoms with E-state index in [1.807, 2.05) is 29.8 Å². The van der Waals surface area contributed by atoms with Gasteiger partial charge in [0.2, 0.25) is 5.91 Å². The maximum atomic E-state index is 13.3. The summed E-state index contributed by atoms with van der Waals surface area (Å²) < 4.78 is 1.92. The van der Waals surface area contributed by atoms with Crippen LogP contribution >= 0.6 is 0 Å². The fourth-order valence-corrected chi connectivity index (χ4v) is 3.69. The smallest absolute Gasteiger partial charge is 0.256 e. The number of pyridine rings is 1. The first kappa shape index (κ1) is 21.0. The number of carbonyl (C=O) groups is 2. The molecule has 0 spiro atoms. The van der Waals surface area contributed by atoms with Gasteiger partial charge in [-0.2, -0.15) is 5.10 Å². The Bertz CT molecular complexity index is 1170. The van der Waals surface area contributed by atoms with E-state index in [-0.39, 0.29) is 17.4 Å². The van der Waals surface area contributed by atoms with Crippen molar-refractivity contribution in [1.82, 2.24) is 14.8 Å². The van der Waals surface area contributed by atoms with Crippen molar-refractivity contribution in [2.45, 2.75) is 58.9 Å². The van der Waals surface area contributed by atoms with Crippen LogP contribution in [0.1, 0.15) is 68.2 Å². The van der Waals surface area contributed by atoms with Gasteiger partial charge in [0.15, 0.2) is 5.65 Å². The van der Waals surface area contributed by atoms with Crippen LogP contribution in [0, 0.1) is 6.92 Å². The molecule has 0 saturated heterocycles. The molecule has 1 aliphatic rings. The van der Waals surface area contributed by atoms with Gasteiger partial charge in [0.25, 0.3) is 5.91 Å². The number of nitrogens with zero attached hydrogens (tertiary/aromatic N) is 4. The summed E-state index contributed by atoms with van der Waals surface area (Å²) in [4.78, 5) is 31.3. The normalized spacial score (nSPS) is 14.0. The number of fused-ring (bicyclic) bond motifs is 1. The Morgan fingerprint density at radius 1 is 1.16 bits per heavy atom. The third kappa shape index (κ3) is 4.04. The first-order valence-electron chi connectivity index (χ1n) is 10.6. The third-order valence-electron chi connectivity index (χ3n) is 5.69. The lowest BCUT2D eigenvalue weighted by Crippen LogP contribution is -2.24. The average Bonchev–Trinajstić information content (AvgIpc) is 3.50. The Morgan fingerprint density at radius 3 is 2.35 bits per heavy atom. The van der Waals surface area contributed by atoms with E-state index in [1.165, 1.54) is 6.92 Å². The van der Waals surface area contributed by atoms with Crippen molar-refractivity contribution < 1.29 is 9.59 Å². The number of amides is 2. The molecule has 3 aromatic rings. The highest BCUT2D eigenvalue weighted by Gasteiger charge is 2.30. The van der Waals surface area contributed by atoms with Crippen LogP contribution in [0.5, 0.6) is 0 Å². The van der Waals surface area contributed by atoms with Gasteiger partial charge in [0.1, 0.15) is 0 Å². The Labute approximate surface area is 182 Å². The fraction of sp³-hybridized carbons (Fsp3) is 0.417. The van der Waals surface area contributed by atoms with E-state index in [9.17, 15) is 9.59 Å². The molecule has 1 aliphatic carbocycles. The second-order valence-corrected chi connectivity index (χ2v) is 9.31. The molecule has 7 nitrogen and oxygen atoms in total. The van der Waals surface area contributed by atoms with Gasteiger partial charge in [-0.3, -0.25) is 9.59 Å². The molecule has 0 atom stereocenters. The highest BCUT2D eigenvalue weighted by atomic mass is 16.2. The largest absolute Gasteiger partial charge is 0.322 e. The number of aromatic nitrogens is 3. The van der Waals surface area contributed by atoms with E-state index in [1.54, 1.807) is 24.1 Å². The van der Waals surface area contributed by atoms with Gasteiger partial charge in [-0.25, -0.2) is 9.67 Å². The zero-order valence-corrected chi connectivity index (χ0v) is 19.0. The van der Waals surface area contributed by atoms with Crippen LogP contribution in [-0.2, 0) is 10.3 Å². The summed E-state index contributed by atoms with van der Waals surface area (Å²) in [5, 5.41) is 8.51. The van der Waals surface area contributed by atoms with Crippen molar-refractivity contribution in [3.63, 3.8) is 0 Å². The van der Waals surface area contributed by atoms with Crippen LogP contribution in [0.15, 0.2) is 30.3 Å². The fourth-order valence-electron chi connectivity index (χ4n) is 3.69. The molecule has 7 heteroatoms. The minimum atomic E-state index is -0.242. The maximum absolute atomic E-state index is 13.3. The number of nitrogens with one attached hydrogen (secondary N) is 1. The van der Waals surface area contributed by atoms with Gasteiger partial charge >= 0.3 is 0 Å². The van der Waals surface area contributed by atoms with Gasteiger partial charge in [-0.15, -0.1) is 0 Å². The molecule has 0 bridgehead atoms. The summed E-state index contributed by atoms with van der Waals surface area (Å²) in [5.74, 6) is 0.189. The zero-order valence-electron chi connectivity index (χ0n) is 19.0. The van der Waals surface area contributed by atoms with Gasteiger partial charge in [0.05, 0.1) is 22.2 Å². The number of rotatable bonds is 4. The molecule has 31 heavy (non-hydrogen) atoms. The van der Waals surface area contributed by atoms with E-state index in [2.05, 4.69) is 26.1 Å². The minimum absolute atomic E-state index is 0.0464. The Hall–Kier alpha value is -3.22. The number of benzene rings is 1. The second kappa shape index (κ2) is 7.48. The first-order valence-corrected chi connectivity index (χ1v) is 10.6. The van der Waals surface area contributed by atoms with Crippen LogP contribution < -0.4 is 10.2 Å². The quantitative estimate of drug-likeness (QED) is 0.670. The summed E-state index contributed by atoms with van der Waals surface area (Å²) in [6.45, 7) is 9.70. The van der Waals surface area contributed by atoms with E-state index in [0.717, 1.165) is 41.0 Å². The molecule has 2 aromatic heterocycles. The molecule has 1 saturated carbocycles. The predicted molar refractivity (Wildman–Crippen MR) is 123 cm³/mol. The standard InChI is InChI=1S/C24H29N5O2/c1-14-21-19(23(31)25-17-9-11-18(12-10-17)28(6)15(2)30)13-20(16-7-8-16)26-22(21)29(27-14)24(3,4)5/h9-13,16H,7-8H2,1-6H3,(H,25,31). The van der Waals surface area contributed by atoms with E-state index in [4.69, 9.17) is 10.1 Å². The summed E-state index contributed by atoms with van der Waals surface area (Å²) in [6, 6.07) is 9.17. The van der Waals surface area contributed by atoms with Crippen molar-refractivity contribution in [2.24, 2.45) is 0 Å². The summed E-state index contributed by atoms with van der Waals surface area (Å²) >= 11 is 0. The summed E-state index contributed by atoms with van der Waals surface area (Å²) in [5.41, 5.74) is 4.32. The van der Waals surface area contributed by atoms with Crippen LogP contribution in [0.3, 0.4) is 0 Å². The second-order valence-electron chi connectivity index (χ2n) is 9.31. The number of carbonyl (C=O) groups excluding carboxylic acids is 2. The Kier molecular flexibility index (Phi) is 5.07.